The molecule has 6 nitrogen and oxygen atoms in total. The number of carboxylic acid groups (broad SMARTS) is 1. The van der Waals surface area contributed by atoms with Crippen molar-refractivity contribution in [3.8, 4) is 16.9 Å². The van der Waals surface area contributed by atoms with Crippen LogP contribution in [0.15, 0.2) is 47.0 Å². The number of nitrogens with one attached hydrogen (secondary N) is 1. The molecule has 1 heterocycles. The first kappa shape index (κ1) is 18.4. The van der Waals surface area contributed by atoms with Gasteiger partial charge in [0.15, 0.2) is 18.2 Å². The summed E-state index contributed by atoms with van der Waals surface area (Å²) in [5, 5.41) is 15.7. The minimum absolute atomic E-state index is 0.0941. The maximum absolute atomic E-state index is 14.0. The number of benzene rings is 2. The van der Waals surface area contributed by atoms with Gasteiger partial charge in [0.25, 0.3) is 0 Å². The third kappa shape index (κ3) is 4.44. The van der Waals surface area contributed by atoms with E-state index in [-0.39, 0.29) is 5.75 Å². The fraction of sp³-hybridized carbons (Fsp3) is 0.200. The van der Waals surface area contributed by atoms with Crippen molar-refractivity contribution in [3.63, 3.8) is 0 Å². The maximum atomic E-state index is 14.0. The zero-order valence-electron chi connectivity index (χ0n) is 15.0. The number of ether oxygens (including phenoxy) is 1. The number of carboxylic acids is 1. The van der Waals surface area contributed by atoms with Gasteiger partial charge in [-0.05, 0) is 43.2 Å². The molecule has 0 amide bonds. The lowest BCUT2D eigenvalue weighted by Gasteiger charge is -2.10. The Morgan fingerprint density at radius 3 is 2.74 bits per heavy atom. The average molecular weight is 370 g/mol. The molecule has 3 rings (SSSR count). The van der Waals surface area contributed by atoms with Crippen molar-refractivity contribution in [1.29, 1.82) is 0 Å². The van der Waals surface area contributed by atoms with E-state index in [0.29, 0.717) is 12.2 Å². The van der Waals surface area contributed by atoms with Gasteiger partial charge in [0.2, 0.25) is 0 Å². The Labute approximate surface area is 155 Å². The maximum Gasteiger partial charge on any atom is 0.341 e. The quantitative estimate of drug-likeness (QED) is 0.649. The fourth-order valence-corrected chi connectivity index (χ4v) is 2.80. The molecule has 0 aliphatic carbocycles. The van der Waals surface area contributed by atoms with Crippen molar-refractivity contribution < 1.29 is 23.6 Å². The topological polar surface area (TPSA) is 84.6 Å². The summed E-state index contributed by atoms with van der Waals surface area (Å²) in [4.78, 5) is 10.5. The van der Waals surface area contributed by atoms with Gasteiger partial charge in [-0.3, -0.25) is 0 Å². The monoisotopic (exact) mass is 370 g/mol. The van der Waals surface area contributed by atoms with Crippen LogP contribution >= 0.6 is 0 Å². The highest BCUT2D eigenvalue weighted by atomic mass is 19.1. The molecule has 0 bridgehead atoms. The summed E-state index contributed by atoms with van der Waals surface area (Å²) >= 11 is 0. The van der Waals surface area contributed by atoms with Crippen LogP contribution in [0.3, 0.4) is 0 Å². The second-order valence-electron chi connectivity index (χ2n) is 6.08. The predicted octanol–water partition coefficient (Wildman–Crippen LogP) is 4.17. The van der Waals surface area contributed by atoms with Crippen molar-refractivity contribution >= 4 is 11.7 Å². The summed E-state index contributed by atoms with van der Waals surface area (Å²) < 4.78 is 24.1. The molecule has 2 aromatic carbocycles. The molecule has 3 aromatic rings. The molecule has 27 heavy (non-hydrogen) atoms. The lowest BCUT2D eigenvalue weighted by atomic mass is 10.0. The van der Waals surface area contributed by atoms with Crippen LogP contribution in [-0.2, 0) is 11.3 Å². The highest BCUT2D eigenvalue weighted by Crippen LogP contribution is 2.28. The van der Waals surface area contributed by atoms with Crippen molar-refractivity contribution in [2.75, 3.05) is 11.9 Å². The Balaban J connectivity index is 1.69. The smallest absolute Gasteiger partial charge is 0.341 e. The first-order chi connectivity index (χ1) is 12.9. The van der Waals surface area contributed by atoms with Gasteiger partial charge in [-0.2, -0.15) is 0 Å². The Bertz CT molecular complexity index is 949. The van der Waals surface area contributed by atoms with Crippen LogP contribution in [0.25, 0.3) is 11.1 Å². The molecule has 140 valence electrons. The first-order valence-corrected chi connectivity index (χ1v) is 8.34. The van der Waals surface area contributed by atoms with E-state index in [2.05, 4.69) is 10.5 Å². The summed E-state index contributed by atoms with van der Waals surface area (Å²) in [7, 11) is 0. The molecule has 1 aromatic heterocycles. The summed E-state index contributed by atoms with van der Waals surface area (Å²) in [6, 6.07) is 12.2. The number of anilines is 1. The van der Waals surface area contributed by atoms with Crippen molar-refractivity contribution in [1.82, 2.24) is 5.16 Å². The van der Waals surface area contributed by atoms with E-state index < -0.39 is 18.4 Å². The Hall–Kier alpha value is -3.35. The van der Waals surface area contributed by atoms with Crippen LogP contribution in [-0.4, -0.2) is 22.8 Å². The van der Waals surface area contributed by atoms with Crippen LogP contribution < -0.4 is 10.1 Å². The molecular weight excluding hydrogens is 351 g/mol. The number of halogens is 1. The molecule has 0 spiro atoms. The minimum Gasteiger partial charge on any atom is -0.479 e. The van der Waals surface area contributed by atoms with Gasteiger partial charge in [-0.1, -0.05) is 23.4 Å². The van der Waals surface area contributed by atoms with Gasteiger partial charge in [-0.25, -0.2) is 9.18 Å². The minimum atomic E-state index is -1.16. The normalized spacial score (nSPS) is 10.6. The van der Waals surface area contributed by atoms with Crippen molar-refractivity contribution in [2.24, 2.45) is 0 Å². The van der Waals surface area contributed by atoms with Crippen LogP contribution in [0.2, 0.25) is 0 Å². The Morgan fingerprint density at radius 1 is 1.26 bits per heavy atom. The molecule has 0 saturated carbocycles. The number of aromatic nitrogens is 1. The average Bonchev–Trinajstić information content (AvgIpc) is 2.97. The number of carbonyl (C=O) groups is 1. The van der Waals surface area contributed by atoms with Crippen LogP contribution in [0.5, 0.6) is 5.75 Å². The highest BCUT2D eigenvalue weighted by molar-refractivity contribution is 5.69. The molecule has 0 radical (unpaired) electrons. The number of rotatable bonds is 7. The zero-order chi connectivity index (χ0) is 19.4. The van der Waals surface area contributed by atoms with Crippen molar-refractivity contribution in [2.45, 2.75) is 20.4 Å². The molecule has 0 saturated heterocycles. The summed E-state index contributed by atoms with van der Waals surface area (Å²) in [5.74, 6) is -1.11. The third-order valence-electron chi connectivity index (χ3n) is 4.03. The van der Waals surface area contributed by atoms with Crippen LogP contribution in [0.1, 0.15) is 17.0 Å². The first-order valence-electron chi connectivity index (χ1n) is 8.34. The summed E-state index contributed by atoms with van der Waals surface area (Å²) in [6.45, 7) is 3.68. The van der Waals surface area contributed by atoms with Gasteiger partial charge in [-0.15, -0.1) is 0 Å². The Morgan fingerprint density at radius 2 is 2.07 bits per heavy atom. The molecule has 0 atom stereocenters. The number of hydrogen-bond donors (Lipinski definition) is 2. The van der Waals surface area contributed by atoms with Gasteiger partial charge in [0.1, 0.15) is 5.76 Å². The summed E-state index contributed by atoms with van der Waals surface area (Å²) in [6.07, 6.45) is 0. The lowest BCUT2D eigenvalue weighted by Crippen LogP contribution is -2.10. The number of aliphatic carboxylic acids is 1. The second-order valence-corrected chi connectivity index (χ2v) is 6.08. The van der Waals surface area contributed by atoms with Gasteiger partial charge in [0.05, 0.1) is 5.69 Å². The van der Waals surface area contributed by atoms with E-state index >= 15 is 0 Å². The molecule has 0 unspecified atom stereocenters. The molecule has 0 fully saturated rings. The second kappa shape index (κ2) is 7.90. The van der Waals surface area contributed by atoms with E-state index in [1.54, 1.807) is 6.07 Å². The van der Waals surface area contributed by atoms with Crippen LogP contribution in [0, 0.1) is 19.7 Å². The van der Waals surface area contributed by atoms with E-state index in [1.807, 2.05) is 38.1 Å². The number of aryl methyl sites for hydroxylation is 2. The van der Waals surface area contributed by atoms with E-state index in [4.69, 9.17) is 14.4 Å². The molecular formula is C20H19FN2O4. The van der Waals surface area contributed by atoms with Gasteiger partial charge < -0.3 is 19.7 Å². The van der Waals surface area contributed by atoms with E-state index in [9.17, 15) is 9.18 Å². The summed E-state index contributed by atoms with van der Waals surface area (Å²) in [5.41, 5.74) is 4.39. The van der Waals surface area contributed by atoms with Gasteiger partial charge >= 0.3 is 5.97 Å². The molecule has 0 aliphatic heterocycles. The highest BCUT2D eigenvalue weighted by Gasteiger charge is 2.12. The number of nitrogens with zero attached hydrogens (tertiary/aromatic N) is 1. The number of hydrogen-bond acceptors (Lipinski definition) is 5. The largest absolute Gasteiger partial charge is 0.479 e. The van der Waals surface area contributed by atoms with Crippen LogP contribution in [0.4, 0.5) is 10.1 Å². The predicted molar refractivity (Wildman–Crippen MR) is 98.3 cm³/mol. The lowest BCUT2D eigenvalue weighted by molar-refractivity contribution is -0.139. The molecule has 0 aliphatic rings. The van der Waals surface area contributed by atoms with Gasteiger partial charge in [0, 0.05) is 23.9 Å². The molecule has 7 heteroatoms. The SMILES string of the molecule is Cc1noc(C)c1-c1cccc(CNc2ccc(OCC(=O)O)c(F)c2)c1. The fourth-order valence-electron chi connectivity index (χ4n) is 2.80. The third-order valence-corrected chi connectivity index (χ3v) is 4.03. The Kier molecular flexibility index (Phi) is 5.40. The van der Waals surface area contributed by atoms with Crippen molar-refractivity contribution in [3.05, 3.63) is 65.3 Å². The zero-order valence-corrected chi connectivity index (χ0v) is 15.0. The van der Waals surface area contributed by atoms with E-state index in [0.717, 1.165) is 28.1 Å². The molecule has 2 N–H and O–H groups in total. The van der Waals surface area contributed by atoms with E-state index in [1.165, 1.54) is 12.1 Å². The standard InChI is InChI=1S/C20H19FN2O4/c1-12-20(13(2)27-23-12)15-5-3-4-14(8-15)10-22-16-6-7-18(17(21)9-16)26-11-19(24)25/h3-9,22H,10-11H2,1-2H3,(H,24,25).